The summed E-state index contributed by atoms with van der Waals surface area (Å²) in [5.41, 5.74) is -0.138. The smallest absolute Gasteiger partial charge is 0.316 e. The van der Waals surface area contributed by atoms with E-state index in [-0.39, 0.29) is 5.69 Å². The summed E-state index contributed by atoms with van der Waals surface area (Å²) in [4.78, 5) is 15.1. The van der Waals surface area contributed by atoms with Gasteiger partial charge in [0.15, 0.2) is 0 Å². The van der Waals surface area contributed by atoms with Crippen LogP contribution in [0, 0.1) is 5.92 Å². The summed E-state index contributed by atoms with van der Waals surface area (Å²) in [6, 6.07) is 1.81. The van der Waals surface area contributed by atoms with E-state index in [1.165, 1.54) is 12.8 Å². The lowest BCUT2D eigenvalue weighted by molar-refractivity contribution is 0.339. The minimum Gasteiger partial charge on any atom is -0.316 e. The molecule has 0 aliphatic carbocycles. The molecule has 0 aromatic carbocycles. The molecule has 1 aliphatic heterocycles. The lowest BCUT2D eigenvalue weighted by atomic mass is 9.96. The molecule has 4 heteroatoms. The third-order valence-corrected chi connectivity index (χ3v) is 2.96. The van der Waals surface area contributed by atoms with Crippen molar-refractivity contribution in [1.29, 1.82) is 0 Å². The van der Waals surface area contributed by atoms with Gasteiger partial charge in [-0.05, 0) is 44.3 Å². The van der Waals surface area contributed by atoms with Gasteiger partial charge in [-0.25, -0.2) is 9.78 Å². The lowest BCUT2D eigenvalue weighted by Gasteiger charge is -2.22. The van der Waals surface area contributed by atoms with Crippen molar-refractivity contribution in [3.05, 3.63) is 28.9 Å². The summed E-state index contributed by atoms with van der Waals surface area (Å²) in [6.45, 7) is 3.03. The molecule has 82 valence electrons. The molecule has 1 N–H and O–H groups in total. The summed E-state index contributed by atoms with van der Waals surface area (Å²) >= 11 is 0. The first-order valence-electron chi connectivity index (χ1n) is 5.58. The maximum atomic E-state index is 11.3. The number of hydrogen-bond donors (Lipinski definition) is 1. The Kier molecular flexibility index (Phi) is 3.50. The molecule has 0 radical (unpaired) electrons. The largest absolute Gasteiger partial charge is 0.347 e. The molecule has 0 amide bonds. The van der Waals surface area contributed by atoms with Crippen LogP contribution in [0.25, 0.3) is 0 Å². The van der Waals surface area contributed by atoms with Crippen molar-refractivity contribution in [3.63, 3.8) is 0 Å². The minimum atomic E-state index is -0.138. The summed E-state index contributed by atoms with van der Waals surface area (Å²) in [7, 11) is 0. The molecule has 1 atom stereocenters. The molecule has 1 aromatic rings. The molecule has 2 heterocycles. The molecular weight excluding hydrogens is 190 g/mol. The first kappa shape index (κ1) is 10.4. The monoisotopic (exact) mass is 207 g/mol. The van der Waals surface area contributed by atoms with Crippen LogP contribution in [0.1, 0.15) is 19.3 Å². The van der Waals surface area contributed by atoms with Gasteiger partial charge in [0, 0.05) is 18.9 Å². The zero-order valence-electron chi connectivity index (χ0n) is 8.85. The van der Waals surface area contributed by atoms with Crippen molar-refractivity contribution in [1.82, 2.24) is 14.9 Å². The normalized spacial score (nSPS) is 21.5. The molecule has 4 nitrogen and oxygen atoms in total. The van der Waals surface area contributed by atoms with Crippen molar-refractivity contribution in [3.8, 4) is 0 Å². The first-order valence-corrected chi connectivity index (χ1v) is 5.58. The van der Waals surface area contributed by atoms with Gasteiger partial charge in [-0.15, -0.1) is 0 Å². The predicted octanol–water partition coefficient (Wildman–Crippen LogP) is 0.633. The van der Waals surface area contributed by atoms with Crippen LogP contribution in [0.2, 0.25) is 0 Å². The quantitative estimate of drug-likeness (QED) is 0.791. The number of nitrogens with zero attached hydrogens (tertiary/aromatic N) is 2. The summed E-state index contributed by atoms with van der Waals surface area (Å²) in [5, 5.41) is 3.38. The average molecular weight is 207 g/mol. The molecule has 0 saturated carbocycles. The average Bonchev–Trinajstić information content (AvgIpc) is 2.29. The van der Waals surface area contributed by atoms with E-state index in [9.17, 15) is 4.79 Å². The Balaban J connectivity index is 1.87. The Morgan fingerprint density at radius 1 is 1.60 bits per heavy atom. The Morgan fingerprint density at radius 3 is 3.27 bits per heavy atom. The highest BCUT2D eigenvalue weighted by Gasteiger charge is 2.12. The summed E-state index contributed by atoms with van der Waals surface area (Å²) < 4.78 is 1.69. The van der Waals surface area contributed by atoms with E-state index < -0.39 is 0 Å². The van der Waals surface area contributed by atoms with Crippen LogP contribution < -0.4 is 11.0 Å². The predicted molar refractivity (Wildman–Crippen MR) is 58.7 cm³/mol. The molecule has 1 aliphatic rings. The molecule has 0 bridgehead atoms. The van der Waals surface area contributed by atoms with Crippen molar-refractivity contribution in [2.45, 2.75) is 25.8 Å². The third kappa shape index (κ3) is 2.89. The summed E-state index contributed by atoms with van der Waals surface area (Å²) in [5.74, 6) is 0.714. The molecule has 2 rings (SSSR count). The van der Waals surface area contributed by atoms with Gasteiger partial charge < -0.3 is 5.32 Å². The SMILES string of the molecule is O=c1ncccn1CCC1CCCNC1. The molecule has 0 spiro atoms. The van der Waals surface area contributed by atoms with Gasteiger partial charge in [-0.2, -0.15) is 0 Å². The maximum absolute atomic E-state index is 11.3. The van der Waals surface area contributed by atoms with Crippen LogP contribution in [0.5, 0.6) is 0 Å². The van der Waals surface area contributed by atoms with Crippen LogP contribution in [0.3, 0.4) is 0 Å². The van der Waals surface area contributed by atoms with Crippen molar-refractivity contribution in [2.24, 2.45) is 5.92 Å². The topological polar surface area (TPSA) is 46.9 Å². The highest BCUT2D eigenvalue weighted by Crippen LogP contribution is 2.14. The number of rotatable bonds is 3. The Hall–Kier alpha value is -1.16. The van der Waals surface area contributed by atoms with E-state index in [0.29, 0.717) is 5.92 Å². The van der Waals surface area contributed by atoms with Gasteiger partial charge in [0.2, 0.25) is 0 Å². The van der Waals surface area contributed by atoms with Crippen LogP contribution >= 0.6 is 0 Å². The summed E-state index contributed by atoms with van der Waals surface area (Å²) in [6.07, 6.45) is 6.96. The Bertz CT molecular complexity index is 355. The van der Waals surface area contributed by atoms with Crippen LogP contribution in [-0.2, 0) is 6.54 Å². The fraction of sp³-hybridized carbons (Fsp3) is 0.636. The Labute approximate surface area is 89.3 Å². The van der Waals surface area contributed by atoms with Gasteiger partial charge in [0.25, 0.3) is 0 Å². The molecule has 15 heavy (non-hydrogen) atoms. The van der Waals surface area contributed by atoms with Crippen LogP contribution in [0.15, 0.2) is 23.3 Å². The highest BCUT2D eigenvalue weighted by molar-refractivity contribution is 4.81. The van der Waals surface area contributed by atoms with E-state index in [1.807, 2.05) is 6.20 Å². The van der Waals surface area contributed by atoms with Gasteiger partial charge in [-0.3, -0.25) is 4.57 Å². The van der Waals surface area contributed by atoms with Gasteiger partial charge in [-0.1, -0.05) is 0 Å². The minimum absolute atomic E-state index is 0.138. The van der Waals surface area contributed by atoms with Crippen LogP contribution in [0.4, 0.5) is 0 Å². The zero-order chi connectivity index (χ0) is 10.5. The van der Waals surface area contributed by atoms with Gasteiger partial charge in [0.1, 0.15) is 0 Å². The van der Waals surface area contributed by atoms with E-state index in [1.54, 1.807) is 16.8 Å². The molecule has 1 aromatic heterocycles. The fourth-order valence-corrected chi connectivity index (χ4v) is 2.05. The number of aromatic nitrogens is 2. The second kappa shape index (κ2) is 5.07. The first-order chi connectivity index (χ1) is 7.36. The number of piperidine rings is 1. The maximum Gasteiger partial charge on any atom is 0.347 e. The molecule has 1 unspecified atom stereocenters. The third-order valence-electron chi connectivity index (χ3n) is 2.96. The van der Waals surface area contributed by atoms with Crippen molar-refractivity contribution in [2.75, 3.05) is 13.1 Å². The van der Waals surface area contributed by atoms with Gasteiger partial charge in [0.05, 0.1) is 0 Å². The fourth-order valence-electron chi connectivity index (χ4n) is 2.05. The number of aryl methyl sites for hydroxylation is 1. The zero-order valence-corrected chi connectivity index (χ0v) is 8.85. The second-order valence-electron chi connectivity index (χ2n) is 4.10. The molecule has 1 fully saturated rings. The lowest BCUT2D eigenvalue weighted by Crippen LogP contribution is -2.31. The Morgan fingerprint density at radius 2 is 2.53 bits per heavy atom. The van der Waals surface area contributed by atoms with Gasteiger partial charge >= 0.3 is 5.69 Å². The van der Waals surface area contributed by atoms with Crippen molar-refractivity contribution >= 4 is 0 Å². The number of nitrogens with one attached hydrogen (secondary N) is 1. The van der Waals surface area contributed by atoms with E-state index in [0.717, 1.165) is 26.1 Å². The van der Waals surface area contributed by atoms with E-state index >= 15 is 0 Å². The van der Waals surface area contributed by atoms with E-state index in [2.05, 4.69) is 10.3 Å². The van der Waals surface area contributed by atoms with Crippen LogP contribution in [-0.4, -0.2) is 22.6 Å². The second-order valence-corrected chi connectivity index (χ2v) is 4.10. The standard InChI is InChI=1S/C11H17N3O/c15-11-13-6-2-7-14(11)8-4-10-3-1-5-12-9-10/h2,6-7,10,12H,1,3-5,8-9H2. The molecular formula is C11H17N3O. The van der Waals surface area contributed by atoms with Crippen molar-refractivity contribution < 1.29 is 0 Å². The highest BCUT2D eigenvalue weighted by atomic mass is 16.1. The number of hydrogen-bond acceptors (Lipinski definition) is 3. The molecule has 1 saturated heterocycles. The van der Waals surface area contributed by atoms with E-state index in [4.69, 9.17) is 0 Å².